The summed E-state index contributed by atoms with van der Waals surface area (Å²) in [4.78, 5) is 5.77. The number of benzene rings is 2. The Hall–Kier alpha value is -3.23. The molecular weight excluding hydrogens is 414 g/mol. The van der Waals surface area contributed by atoms with Crippen LogP contribution in [0, 0.1) is 0 Å². The molecule has 0 aliphatic heterocycles. The van der Waals surface area contributed by atoms with Crippen LogP contribution in [0.3, 0.4) is 0 Å². The first-order chi connectivity index (χ1) is 14.8. The summed E-state index contributed by atoms with van der Waals surface area (Å²) in [6.07, 6.45) is 0. The quantitative estimate of drug-likeness (QED) is 0.332. The lowest BCUT2D eigenvalue weighted by molar-refractivity contribution is 0.384. The van der Waals surface area contributed by atoms with Crippen molar-refractivity contribution in [2.75, 3.05) is 0 Å². The summed E-state index contributed by atoms with van der Waals surface area (Å²) >= 11 is 3.19. The Morgan fingerprint density at radius 3 is 2.43 bits per heavy atom. The van der Waals surface area contributed by atoms with Gasteiger partial charge >= 0.3 is 0 Å². The van der Waals surface area contributed by atoms with E-state index in [9.17, 15) is 0 Å². The summed E-state index contributed by atoms with van der Waals surface area (Å²) in [5.41, 5.74) is 1.98. The van der Waals surface area contributed by atoms with E-state index in [1.54, 1.807) is 23.1 Å². The Kier molecular flexibility index (Phi) is 5.17. The molecule has 3 aromatic heterocycles. The molecule has 0 saturated heterocycles. The average Bonchev–Trinajstić information content (AvgIpc) is 3.55. The van der Waals surface area contributed by atoms with Crippen LogP contribution in [0.4, 0.5) is 0 Å². The molecule has 0 spiro atoms. The Balaban J connectivity index is 1.51. The van der Waals surface area contributed by atoms with Gasteiger partial charge in [0.2, 0.25) is 11.7 Å². The van der Waals surface area contributed by atoms with Crippen molar-refractivity contribution in [2.45, 2.75) is 10.4 Å². The van der Waals surface area contributed by atoms with Crippen LogP contribution < -0.4 is 0 Å². The van der Waals surface area contributed by atoms with E-state index in [1.807, 2.05) is 77.7 Å². The van der Waals surface area contributed by atoms with Crippen LogP contribution in [-0.4, -0.2) is 24.9 Å². The van der Waals surface area contributed by atoms with Crippen molar-refractivity contribution in [3.05, 3.63) is 89.6 Å². The second kappa shape index (κ2) is 8.25. The topological polar surface area (TPSA) is 69.6 Å². The van der Waals surface area contributed by atoms with E-state index in [4.69, 9.17) is 4.52 Å². The van der Waals surface area contributed by atoms with Crippen LogP contribution >= 0.6 is 23.1 Å². The van der Waals surface area contributed by atoms with Crippen molar-refractivity contribution in [3.63, 3.8) is 0 Å². The highest BCUT2D eigenvalue weighted by Gasteiger charge is 2.26. The Morgan fingerprint density at radius 1 is 0.933 bits per heavy atom. The molecule has 1 unspecified atom stereocenters. The smallest absolute Gasteiger partial charge is 0.245 e. The zero-order valence-electron chi connectivity index (χ0n) is 16.0. The third-order valence-electron chi connectivity index (χ3n) is 4.60. The molecule has 0 N–H and O–H groups in total. The first kappa shape index (κ1) is 18.8. The SMILES string of the molecule is Cn1c(SC(c2ccccc2)c2nc(-c3ccccc3)no2)nnc1-c1cccs1. The molecule has 3 heterocycles. The summed E-state index contributed by atoms with van der Waals surface area (Å²) in [6, 6.07) is 24.0. The van der Waals surface area contributed by atoms with Gasteiger partial charge in [-0.25, -0.2) is 0 Å². The predicted molar refractivity (Wildman–Crippen MR) is 118 cm³/mol. The molecule has 5 aromatic rings. The largest absolute Gasteiger partial charge is 0.337 e. The van der Waals surface area contributed by atoms with Gasteiger partial charge in [-0.15, -0.1) is 21.5 Å². The Labute approximate surface area is 181 Å². The van der Waals surface area contributed by atoms with E-state index in [-0.39, 0.29) is 5.25 Å². The van der Waals surface area contributed by atoms with E-state index in [2.05, 4.69) is 32.5 Å². The molecule has 2 aromatic carbocycles. The third kappa shape index (κ3) is 3.67. The fraction of sp³-hybridized carbons (Fsp3) is 0.0909. The molecular formula is C22H17N5OS2. The van der Waals surface area contributed by atoms with Gasteiger partial charge in [-0.05, 0) is 17.0 Å². The van der Waals surface area contributed by atoms with E-state index in [0.717, 1.165) is 27.0 Å². The van der Waals surface area contributed by atoms with Crippen molar-refractivity contribution in [2.24, 2.45) is 7.05 Å². The first-order valence-electron chi connectivity index (χ1n) is 9.33. The molecule has 1 atom stereocenters. The lowest BCUT2D eigenvalue weighted by Gasteiger charge is -2.12. The molecule has 30 heavy (non-hydrogen) atoms. The van der Waals surface area contributed by atoms with Crippen LogP contribution in [-0.2, 0) is 7.05 Å². The molecule has 8 heteroatoms. The Morgan fingerprint density at radius 2 is 1.70 bits per heavy atom. The molecule has 148 valence electrons. The molecule has 0 aliphatic rings. The highest BCUT2D eigenvalue weighted by atomic mass is 32.2. The maximum Gasteiger partial charge on any atom is 0.245 e. The van der Waals surface area contributed by atoms with Crippen molar-refractivity contribution in [1.29, 1.82) is 0 Å². The molecule has 0 radical (unpaired) electrons. The lowest BCUT2D eigenvalue weighted by Crippen LogP contribution is -2.01. The summed E-state index contributed by atoms with van der Waals surface area (Å²) in [6.45, 7) is 0. The monoisotopic (exact) mass is 431 g/mol. The van der Waals surface area contributed by atoms with Gasteiger partial charge in [0.25, 0.3) is 0 Å². The summed E-state index contributed by atoms with van der Waals surface area (Å²) in [5, 5.41) is 15.6. The molecule has 6 nitrogen and oxygen atoms in total. The molecule has 0 bridgehead atoms. The summed E-state index contributed by atoms with van der Waals surface area (Å²) in [5.74, 6) is 1.95. The number of hydrogen-bond acceptors (Lipinski definition) is 7. The normalized spacial score (nSPS) is 12.2. The standard InChI is InChI=1S/C22H17N5OS2/c1-27-20(17-13-8-14-29-17)24-25-22(27)30-18(15-9-4-2-5-10-15)21-23-19(26-28-21)16-11-6-3-7-12-16/h2-14,18H,1H3. The van der Waals surface area contributed by atoms with Crippen LogP contribution in [0.1, 0.15) is 16.7 Å². The minimum atomic E-state index is -0.199. The van der Waals surface area contributed by atoms with Crippen LogP contribution in [0.25, 0.3) is 22.1 Å². The maximum atomic E-state index is 5.69. The molecule has 0 aliphatic carbocycles. The van der Waals surface area contributed by atoms with Gasteiger partial charge in [-0.3, -0.25) is 0 Å². The third-order valence-corrected chi connectivity index (χ3v) is 6.74. The summed E-state index contributed by atoms with van der Waals surface area (Å²) in [7, 11) is 1.97. The fourth-order valence-corrected chi connectivity index (χ4v) is 4.86. The minimum absolute atomic E-state index is 0.199. The highest BCUT2D eigenvalue weighted by molar-refractivity contribution is 7.99. The number of aromatic nitrogens is 5. The molecule has 0 fully saturated rings. The van der Waals surface area contributed by atoms with Gasteiger partial charge < -0.3 is 9.09 Å². The number of thiophene rings is 1. The van der Waals surface area contributed by atoms with Crippen LogP contribution in [0.5, 0.6) is 0 Å². The van der Waals surface area contributed by atoms with Gasteiger partial charge in [0.15, 0.2) is 11.0 Å². The van der Waals surface area contributed by atoms with Crippen molar-refractivity contribution < 1.29 is 4.52 Å². The van der Waals surface area contributed by atoms with Gasteiger partial charge in [0.1, 0.15) is 5.25 Å². The summed E-state index contributed by atoms with van der Waals surface area (Å²) < 4.78 is 7.69. The zero-order valence-corrected chi connectivity index (χ0v) is 17.7. The van der Waals surface area contributed by atoms with E-state index in [1.165, 1.54) is 0 Å². The number of thioether (sulfide) groups is 1. The second-order valence-corrected chi connectivity index (χ2v) is 8.59. The zero-order chi connectivity index (χ0) is 20.3. The predicted octanol–water partition coefficient (Wildman–Crippen LogP) is 5.48. The van der Waals surface area contributed by atoms with Crippen LogP contribution in [0.15, 0.2) is 87.9 Å². The fourth-order valence-electron chi connectivity index (χ4n) is 3.08. The van der Waals surface area contributed by atoms with Gasteiger partial charge in [-0.1, -0.05) is 83.6 Å². The number of hydrogen-bond donors (Lipinski definition) is 0. The number of rotatable bonds is 6. The molecule has 0 saturated carbocycles. The first-order valence-corrected chi connectivity index (χ1v) is 11.1. The van der Waals surface area contributed by atoms with E-state index < -0.39 is 0 Å². The van der Waals surface area contributed by atoms with Crippen molar-refractivity contribution >= 4 is 23.1 Å². The van der Waals surface area contributed by atoms with E-state index >= 15 is 0 Å². The average molecular weight is 432 g/mol. The van der Waals surface area contributed by atoms with Gasteiger partial charge in [0.05, 0.1) is 4.88 Å². The van der Waals surface area contributed by atoms with Gasteiger partial charge in [-0.2, -0.15) is 4.98 Å². The van der Waals surface area contributed by atoms with Crippen molar-refractivity contribution in [1.82, 2.24) is 24.9 Å². The van der Waals surface area contributed by atoms with Crippen LogP contribution in [0.2, 0.25) is 0 Å². The maximum absolute atomic E-state index is 5.69. The lowest BCUT2D eigenvalue weighted by atomic mass is 10.1. The highest BCUT2D eigenvalue weighted by Crippen LogP contribution is 2.40. The minimum Gasteiger partial charge on any atom is -0.337 e. The van der Waals surface area contributed by atoms with Crippen molar-refractivity contribution in [3.8, 4) is 22.1 Å². The molecule has 0 amide bonds. The number of nitrogens with zero attached hydrogens (tertiary/aromatic N) is 5. The Bertz CT molecular complexity index is 1230. The second-order valence-electron chi connectivity index (χ2n) is 6.57. The van der Waals surface area contributed by atoms with E-state index in [0.29, 0.717) is 11.7 Å². The van der Waals surface area contributed by atoms with Gasteiger partial charge in [0, 0.05) is 12.6 Å². The molecule has 5 rings (SSSR count).